The molecule has 0 aliphatic heterocycles. The molecular weight excluding hydrogens is 298 g/mol. The fraction of sp³-hybridized carbons (Fsp3) is 0.167. The first kappa shape index (κ1) is 13.9. The number of fused-ring (bicyclic) bond motifs is 1. The number of aromatic amines is 1. The van der Waals surface area contributed by atoms with Crippen LogP contribution in [0, 0.1) is 11.6 Å². The van der Waals surface area contributed by atoms with Crippen molar-refractivity contribution >= 4 is 22.5 Å². The van der Waals surface area contributed by atoms with E-state index < -0.39 is 17.0 Å². The van der Waals surface area contributed by atoms with Crippen molar-refractivity contribution in [2.45, 2.75) is 18.3 Å². The lowest BCUT2D eigenvalue weighted by Gasteiger charge is -2.15. The first-order valence-corrected chi connectivity index (χ1v) is 7.43. The minimum absolute atomic E-state index is 0.00233. The molecule has 0 bridgehead atoms. The number of anilines is 1. The van der Waals surface area contributed by atoms with E-state index in [1.165, 1.54) is 6.07 Å². The third-order valence-electron chi connectivity index (χ3n) is 4.47. The summed E-state index contributed by atoms with van der Waals surface area (Å²) in [6.45, 7) is 0. The molecular formula is C18H14F2N2O. The predicted molar refractivity (Wildman–Crippen MR) is 84.2 cm³/mol. The smallest absolute Gasteiger partial charge is 0.235 e. The standard InChI is InChI=1S/C18H14F2N2O/c19-11-5-6-16(14(20)9-11)22-17(23)18(7-8-18)13-10-21-15-4-2-1-3-12(13)15/h1-6,9-10,21H,7-8H2,(H,22,23). The Morgan fingerprint density at radius 1 is 1.13 bits per heavy atom. The molecule has 2 N–H and O–H groups in total. The molecule has 1 amide bonds. The molecule has 0 spiro atoms. The van der Waals surface area contributed by atoms with E-state index in [1.807, 2.05) is 30.5 Å². The molecule has 5 heteroatoms. The number of H-pyrrole nitrogens is 1. The van der Waals surface area contributed by atoms with Gasteiger partial charge in [-0.2, -0.15) is 0 Å². The van der Waals surface area contributed by atoms with Gasteiger partial charge in [0.15, 0.2) is 0 Å². The molecule has 2 aromatic carbocycles. The van der Waals surface area contributed by atoms with Crippen LogP contribution < -0.4 is 5.32 Å². The van der Waals surface area contributed by atoms with Crippen LogP contribution in [0.2, 0.25) is 0 Å². The third kappa shape index (κ3) is 2.20. The van der Waals surface area contributed by atoms with Crippen LogP contribution >= 0.6 is 0 Å². The van der Waals surface area contributed by atoms with E-state index >= 15 is 0 Å². The average molecular weight is 312 g/mol. The zero-order chi connectivity index (χ0) is 16.0. The van der Waals surface area contributed by atoms with Gasteiger partial charge in [-0.3, -0.25) is 4.79 Å². The molecule has 1 aliphatic carbocycles. The number of benzene rings is 2. The zero-order valence-corrected chi connectivity index (χ0v) is 12.2. The number of halogens is 2. The third-order valence-corrected chi connectivity index (χ3v) is 4.47. The fourth-order valence-corrected chi connectivity index (χ4v) is 3.04. The van der Waals surface area contributed by atoms with Crippen LogP contribution in [0.1, 0.15) is 18.4 Å². The summed E-state index contributed by atoms with van der Waals surface area (Å²) in [4.78, 5) is 15.9. The molecule has 1 fully saturated rings. The van der Waals surface area contributed by atoms with E-state index in [9.17, 15) is 13.6 Å². The van der Waals surface area contributed by atoms with E-state index in [0.29, 0.717) is 12.8 Å². The molecule has 0 atom stereocenters. The minimum atomic E-state index is -0.770. The average Bonchev–Trinajstić information content (AvgIpc) is 3.23. The first-order chi connectivity index (χ1) is 11.1. The minimum Gasteiger partial charge on any atom is -0.361 e. The van der Waals surface area contributed by atoms with Crippen LogP contribution in [0.4, 0.5) is 14.5 Å². The van der Waals surface area contributed by atoms with Gasteiger partial charge in [-0.1, -0.05) is 18.2 Å². The second-order valence-electron chi connectivity index (χ2n) is 5.91. The number of rotatable bonds is 3. The molecule has 116 valence electrons. The fourth-order valence-electron chi connectivity index (χ4n) is 3.04. The highest BCUT2D eigenvalue weighted by Gasteiger charge is 2.52. The van der Waals surface area contributed by atoms with Crippen LogP contribution in [-0.4, -0.2) is 10.9 Å². The molecule has 0 unspecified atom stereocenters. The SMILES string of the molecule is O=C(Nc1ccc(F)cc1F)C1(c2c[nH]c3ccccc23)CC1. The van der Waals surface area contributed by atoms with Crippen molar-refractivity contribution in [3.8, 4) is 0 Å². The lowest BCUT2D eigenvalue weighted by atomic mass is 9.94. The lowest BCUT2D eigenvalue weighted by Crippen LogP contribution is -2.28. The largest absolute Gasteiger partial charge is 0.361 e. The summed E-state index contributed by atoms with van der Waals surface area (Å²) in [6, 6.07) is 10.9. The van der Waals surface area contributed by atoms with Crippen molar-refractivity contribution in [1.82, 2.24) is 4.98 Å². The number of carbonyl (C=O) groups is 1. The Labute approximate surface area is 131 Å². The molecule has 4 rings (SSSR count). The van der Waals surface area contributed by atoms with Gasteiger partial charge in [-0.15, -0.1) is 0 Å². The van der Waals surface area contributed by atoms with Gasteiger partial charge in [0.2, 0.25) is 5.91 Å². The normalized spacial score (nSPS) is 15.6. The first-order valence-electron chi connectivity index (χ1n) is 7.43. The molecule has 0 radical (unpaired) electrons. The summed E-state index contributed by atoms with van der Waals surface area (Å²) in [5.41, 5.74) is 1.26. The van der Waals surface area contributed by atoms with Gasteiger partial charge in [0, 0.05) is 23.2 Å². The lowest BCUT2D eigenvalue weighted by molar-refractivity contribution is -0.118. The Balaban J connectivity index is 1.68. The van der Waals surface area contributed by atoms with Gasteiger partial charge >= 0.3 is 0 Å². The second-order valence-corrected chi connectivity index (χ2v) is 5.91. The highest BCUT2D eigenvalue weighted by atomic mass is 19.1. The maximum absolute atomic E-state index is 13.8. The van der Waals surface area contributed by atoms with Crippen molar-refractivity contribution in [2.24, 2.45) is 0 Å². The molecule has 1 heterocycles. The summed E-state index contributed by atoms with van der Waals surface area (Å²) >= 11 is 0. The van der Waals surface area contributed by atoms with Gasteiger partial charge < -0.3 is 10.3 Å². The van der Waals surface area contributed by atoms with Gasteiger partial charge in [0.1, 0.15) is 11.6 Å². The highest BCUT2D eigenvalue weighted by Crippen LogP contribution is 2.51. The summed E-state index contributed by atoms with van der Waals surface area (Å²) < 4.78 is 26.7. The topological polar surface area (TPSA) is 44.9 Å². The molecule has 1 aliphatic rings. The Kier molecular flexibility index (Phi) is 2.98. The van der Waals surface area contributed by atoms with Crippen LogP contribution in [0.25, 0.3) is 10.9 Å². The van der Waals surface area contributed by atoms with Crippen LogP contribution in [0.15, 0.2) is 48.7 Å². The number of hydrogen-bond donors (Lipinski definition) is 2. The monoisotopic (exact) mass is 312 g/mol. The Bertz CT molecular complexity index is 912. The number of hydrogen-bond acceptors (Lipinski definition) is 1. The Morgan fingerprint density at radius 3 is 2.65 bits per heavy atom. The molecule has 1 saturated carbocycles. The van der Waals surface area contributed by atoms with E-state index in [-0.39, 0.29) is 11.6 Å². The number of carbonyl (C=O) groups excluding carboxylic acids is 1. The predicted octanol–water partition coefficient (Wildman–Crippen LogP) is 4.12. The molecule has 23 heavy (non-hydrogen) atoms. The molecule has 3 aromatic rings. The number of aromatic nitrogens is 1. The van der Waals surface area contributed by atoms with Crippen molar-refractivity contribution in [1.29, 1.82) is 0 Å². The molecule has 3 nitrogen and oxygen atoms in total. The van der Waals surface area contributed by atoms with Gasteiger partial charge in [-0.25, -0.2) is 8.78 Å². The van der Waals surface area contributed by atoms with Gasteiger partial charge in [-0.05, 0) is 36.6 Å². The van der Waals surface area contributed by atoms with Crippen molar-refractivity contribution in [2.75, 3.05) is 5.32 Å². The van der Waals surface area contributed by atoms with Crippen molar-refractivity contribution in [3.05, 3.63) is 65.9 Å². The van der Waals surface area contributed by atoms with Crippen LogP contribution in [0.5, 0.6) is 0 Å². The quantitative estimate of drug-likeness (QED) is 0.751. The zero-order valence-electron chi connectivity index (χ0n) is 12.2. The van der Waals surface area contributed by atoms with E-state index in [4.69, 9.17) is 0 Å². The maximum atomic E-state index is 13.8. The number of para-hydroxylation sites is 1. The summed E-state index contributed by atoms with van der Waals surface area (Å²) in [5, 5.41) is 3.60. The number of nitrogens with one attached hydrogen (secondary N) is 2. The summed E-state index contributed by atoms with van der Waals surface area (Å²) in [6.07, 6.45) is 3.27. The Morgan fingerprint density at radius 2 is 1.91 bits per heavy atom. The van der Waals surface area contributed by atoms with Crippen molar-refractivity contribution in [3.63, 3.8) is 0 Å². The van der Waals surface area contributed by atoms with Crippen molar-refractivity contribution < 1.29 is 13.6 Å². The van der Waals surface area contributed by atoms with Crippen LogP contribution in [-0.2, 0) is 10.2 Å². The summed E-state index contributed by atoms with van der Waals surface area (Å²) in [5.74, 6) is -1.70. The van der Waals surface area contributed by atoms with E-state index in [0.717, 1.165) is 28.6 Å². The second kappa shape index (κ2) is 4.91. The number of amides is 1. The molecule has 0 saturated heterocycles. The maximum Gasteiger partial charge on any atom is 0.235 e. The summed E-state index contributed by atoms with van der Waals surface area (Å²) in [7, 11) is 0. The van der Waals surface area contributed by atoms with Crippen LogP contribution in [0.3, 0.4) is 0 Å². The van der Waals surface area contributed by atoms with E-state index in [2.05, 4.69) is 10.3 Å². The Hall–Kier alpha value is -2.69. The highest BCUT2D eigenvalue weighted by molar-refractivity contribution is 6.04. The van der Waals surface area contributed by atoms with E-state index in [1.54, 1.807) is 0 Å². The van der Waals surface area contributed by atoms with Gasteiger partial charge in [0.25, 0.3) is 0 Å². The molecule has 1 aromatic heterocycles. The van der Waals surface area contributed by atoms with Gasteiger partial charge in [0.05, 0.1) is 11.1 Å².